The third kappa shape index (κ3) is 4.09. The topological polar surface area (TPSA) is 60.7 Å². The number of pyridine rings is 2. The summed E-state index contributed by atoms with van der Waals surface area (Å²) in [6, 6.07) is 7.47. The van der Waals surface area contributed by atoms with E-state index >= 15 is 0 Å². The number of nitrogens with zero attached hydrogens (tertiary/aromatic N) is 4. The van der Waals surface area contributed by atoms with Gasteiger partial charge in [-0.25, -0.2) is 14.1 Å². The van der Waals surface area contributed by atoms with Crippen molar-refractivity contribution in [1.29, 1.82) is 0 Å². The largest absolute Gasteiger partial charge is 0.400 e. The first-order valence-electron chi connectivity index (χ1n) is 8.73. The molecule has 0 amide bonds. The standard InChI is InChI=1S/C20H14F4N4OS/c1-12-5-17(21)16(7-18(12)30(29)11-20(22,23)24)13-6-14-10-28(27-19(14)26-8-13)15-3-2-4-25-9-15/h2-10H,11H2,1H3. The molecule has 4 rings (SSSR count). The molecule has 3 aromatic heterocycles. The normalized spacial score (nSPS) is 13.0. The Balaban J connectivity index is 1.76. The molecule has 154 valence electrons. The Morgan fingerprint density at radius 2 is 1.97 bits per heavy atom. The summed E-state index contributed by atoms with van der Waals surface area (Å²) in [6.45, 7) is 1.43. The Morgan fingerprint density at radius 1 is 1.17 bits per heavy atom. The van der Waals surface area contributed by atoms with E-state index in [9.17, 15) is 21.8 Å². The number of aromatic nitrogens is 4. The fourth-order valence-corrected chi connectivity index (χ4v) is 4.15. The highest BCUT2D eigenvalue weighted by Crippen LogP contribution is 2.30. The maximum absolute atomic E-state index is 14.6. The van der Waals surface area contributed by atoms with Crippen LogP contribution in [0.4, 0.5) is 17.6 Å². The second-order valence-corrected chi connectivity index (χ2v) is 8.04. The van der Waals surface area contributed by atoms with Gasteiger partial charge in [0.2, 0.25) is 0 Å². The maximum Gasteiger partial charge on any atom is 0.400 e. The van der Waals surface area contributed by atoms with Gasteiger partial charge in [-0.1, -0.05) is 0 Å². The molecule has 1 unspecified atom stereocenters. The molecule has 0 aliphatic rings. The van der Waals surface area contributed by atoms with Gasteiger partial charge in [-0.05, 0) is 42.8 Å². The van der Waals surface area contributed by atoms with Crippen molar-refractivity contribution in [2.24, 2.45) is 0 Å². The van der Waals surface area contributed by atoms with Crippen molar-refractivity contribution in [3.8, 4) is 16.8 Å². The zero-order valence-corrected chi connectivity index (χ0v) is 16.3. The van der Waals surface area contributed by atoms with E-state index in [0.29, 0.717) is 22.3 Å². The van der Waals surface area contributed by atoms with Crippen LogP contribution in [0, 0.1) is 12.7 Å². The quantitative estimate of drug-likeness (QED) is 0.441. The summed E-state index contributed by atoms with van der Waals surface area (Å²) < 4.78 is 66.3. The number of alkyl halides is 3. The van der Waals surface area contributed by atoms with Crippen LogP contribution in [0.15, 0.2) is 60.0 Å². The molecule has 0 aliphatic heterocycles. The minimum atomic E-state index is -4.59. The lowest BCUT2D eigenvalue weighted by Crippen LogP contribution is -2.19. The summed E-state index contributed by atoms with van der Waals surface area (Å²) >= 11 is 0. The van der Waals surface area contributed by atoms with Crippen molar-refractivity contribution in [2.75, 3.05) is 5.75 Å². The van der Waals surface area contributed by atoms with Crippen molar-refractivity contribution in [1.82, 2.24) is 19.7 Å². The van der Waals surface area contributed by atoms with Gasteiger partial charge in [0.25, 0.3) is 0 Å². The first-order chi connectivity index (χ1) is 14.2. The summed E-state index contributed by atoms with van der Waals surface area (Å²) in [5.74, 6) is -2.13. The molecule has 0 saturated carbocycles. The van der Waals surface area contributed by atoms with Crippen LogP contribution in [0.3, 0.4) is 0 Å². The molecule has 5 nitrogen and oxygen atoms in total. The number of aryl methyl sites for hydroxylation is 1. The molecule has 0 N–H and O–H groups in total. The Kier molecular flexibility index (Phi) is 5.10. The van der Waals surface area contributed by atoms with Crippen LogP contribution in [0.5, 0.6) is 0 Å². The van der Waals surface area contributed by atoms with E-state index in [2.05, 4.69) is 15.1 Å². The number of rotatable bonds is 4. The molecule has 0 aliphatic carbocycles. The fourth-order valence-electron chi connectivity index (χ4n) is 3.03. The van der Waals surface area contributed by atoms with Crippen LogP contribution in [0.25, 0.3) is 27.8 Å². The van der Waals surface area contributed by atoms with Gasteiger partial charge in [-0.2, -0.15) is 13.2 Å². The Labute approximate surface area is 170 Å². The van der Waals surface area contributed by atoms with Crippen LogP contribution < -0.4 is 0 Å². The first kappa shape index (κ1) is 20.1. The average molecular weight is 434 g/mol. The summed E-state index contributed by atoms with van der Waals surface area (Å²) in [6.07, 6.45) is 1.73. The van der Waals surface area contributed by atoms with Crippen molar-refractivity contribution < 1.29 is 21.8 Å². The lowest BCUT2D eigenvalue weighted by atomic mass is 10.0. The summed E-state index contributed by atoms with van der Waals surface area (Å²) in [5, 5.41) is 4.94. The van der Waals surface area contributed by atoms with Crippen molar-refractivity contribution in [2.45, 2.75) is 18.0 Å². The number of fused-ring (bicyclic) bond motifs is 1. The van der Waals surface area contributed by atoms with Crippen molar-refractivity contribution in [3.05, 3.63) is 66.5 Å². The fraction of sp³-hybridized carbons (Fsp3) is 0.150. The molecule has 0 saturated heterocycles. The second-order valence-electron chi connectivity index (χ2n) is 6.62. The first-order valence-corrected chi connectivity index (χ1v) is 10.0. The van der Waals surface area contributed by atoms with Crippen LogP contribution >= 0.6 is 0 Å². The highest BCUT2D eigenvalue weighted by molar-refractivity contribution is 7.85. The molecule has 1 aromatic carbocycles. The third-order valence-corrected chi connectivity index (χ3v) is 5.90. The van der Waals surface area contributed by atoms with Crippen LogP contribution in [-0.2, 0) is 10.8 Å². The molecule has 1 atom stereocenters. The third-order valence-electron chi connectivity index (χ3n) is 4.39. The van der Waals surface area contributed by atoms with Crippen molar-refractivity contribution in [3.63, 3.8) is 0 Å². The minimum Gasteiger partial charge on any atom is -0.262 e. The Morgan fingerprint density at radius 3 is 2.67 bits per heavy atom. The Hall–Kier alpha value is -3.14. The number of hydrogen-bond donors (Lipinski definition) is 0. The van der Waals surface area contributed by atoms with E-state index in [1.807, 2.05) is 6.07 Å². The van der Waals surface area contributed by atoms with E-state index < -0.39 is 28.5 Å². The van der Waals surface area contributed by atoms with E-state index in [1.54, 1.807) is 35.4 Å². The maximum atomic E-state index is 14.6. The smallest absolute Gasteiger partial charge is 0.262 e. The summed E-state index contributed by atoms with van der Waals surface area (Å²) in [7, 11) is -2.34. The molecule has 10 heteroatoms. The predicted molar refractivity (Wildman–Crippen MR) is 104 cm³/mol. The second kappa shape index (κ2) is 7.60. The summed E-state index contributed by atoms with van der Waals surface area (Å²) in [5.41, 5.74) is 1.68. The van der Waals surface area contributed by atoms with Gasteiger partial charge >= 0.3 is 6.18 Å². The lowest BCUT2D eigenvalue weighted by Gasteiger charge is -2.12. The van der Waals surface area contributed by atoms with Gasteiger partial charge in [-0.3, -0.25) is 9.19 Å². The van der Waals surface area contributed by atoms with Gasteiger partial charge in [0.05, 0.1) is 22.7 Å². The van der Waals surface area contributed by atoms with E-state index in [-0.39, 0.29) is 16.0 Å². The summed E-state index contributed by atoms with van der Waals surface area (Å²) in [4.78, 5) is 8.19. The van der Waals surface area contributed by atoms with Crippen LogP contribution in [0.1, 0.15) is 5.56 Å². The van der Waals surface area contributed by atoms with Crippen LogP contribution in [0.2, 0.25) is 0 Å². The molecule has 3 heterocycles. The highest BCUT2D eigenvalue weighted by atomic mass is 32.2. The SMILES string of the molecule is Cc1cc(F)c(-c2cnc3nn(-c4cccnc4)cc3c2)cc1S(=O)CC(F)(F)F. The zero-order chi connectivity index (χ0) is 21.5. The Bertz CT molecular complexity index is 1260. The zero-order valence-electron chi connectivity index (χ0n) is 15.5. The molecule has 0 bridgehead atoms. The molecule has 0 fully saturated rings. The number of hydrogen-bond acceptors (Lipinski definition) is 4. The minimum absolute atomic E-state index is 0.0228. The van der Waals surface area contributed by atoms with E-state index in [1.165, 1.54) is 19.2 Å². The highest BCUT2D eigenvalue weighted by Gasteiger charge is 2.32. The lowest BCUT2D eigenvalue weighted by molar-refractivity contribution is -0.105. The predicted octanol–water partition coefficient (Wildman–Crippen LogP) is 4.60. The van der Waals surface area contributed by atoms with E-state index in [4.69, 9.17) is 0 Å². The molecular formula is C20H14F4N4OS. The average Bonchev–Trinajstić information content (AvgIpc) is 3.10. The van der Waals surface area contributed by atoms with Crippen molar-refractivity contribution >= 4 is 21.8 Å². The van der Waals surface area contributed by atoms with Gasteiger partial charge in [0, 0.05) is 40.0 Å². The molecule has 30 heavy (non-hydrogen) atoms. The van der Waals surface area contributed by atoms with Crippen LogP contribution in [-0.4, -0.2) is 35.9 Å². The molecule has 0 spiro atoms. The number of benzene rings is 1. The van der Waals surface area contributed by atoms with Gasteiger partial charge in [-0.15, -0.1) is 5.10 Å². The molecule has 0 radical (unpaired) electrons. The van der Waals surface area contributed by atoms with Gasteiger partial charge in [0.1, 0.15) is 11.6 Å². The monoisotopic (exact) mass is 434 g/mol. The number of halogens is 4. The van der Waals surface area contributed by atoms with Gasteiger partial charge in [0.15, 0.2) is 5.65 Å². The molecular weight excluding hydrogens is 420 g/mol. The van der Waals surface area contributed by atoms with Gasteiger partial charge < -0.3 is 0 Å². The molecule has 4 aromatic rings. The van der Waals surface area contributed by atoms with E-state index in [0.717, 1.165) is 6.07 Å².